The zero-order valence-electron chi connectivity index (χ0n) is 25.0. The number of aromatic nitrogens is 1. The van der Waals surface area contributed by atoms with Gasteiger partial charge in [0.25, 0.3) is 11.5 Å². The number of aromatic amines is 1. The van der Waals surface area contributed by atoms with Gasteiger partial charge in [-0.3, -0.25) is 19.2 Å². The number of β-lactam (4-membered cyclic amide) rings is 1. The van der Waals surface area contributed by atoms with Crippen molar-refractivity contribution in [2.45, 2.75) is 42.1 Å². The van der Waals surface area contributed by atoms with Gasteiger partial charge >= 0.3 is 5.97 Å². The van der Waals surface area contributed by atoms with Gasteiger partial charge in [0.2, 0.25) is 11.8 Å². The van der Waals surface area contributed by atoms with Crippen LogP contribution in [-0.4, -0.2) is 99.0 Å². The predicted octanol–water partition coefficient (Wildman–Crippen LogP) is 1.96. The number of benzene rings is 1. The second kappa shape index (κ2) is 12.0. The van der Waals surface area contributed by atoms with E-state index in [-0.39, 0.29) is 5.56 Å². The molecule has 5 heterocycles. The average molecular weight is 651 g/mol. The van der Waals surface area contributed by atoms with Crippen LogP contribution in [0.4, 0.5) is 5.69 Å². The Kier molecular flexibility index (Phi) is 8.22. The number of aliphatic carboxylic acids is 1. The number of carbonyl (C=O) groups excluding carboxylic acids is 3. The average Bonchev–Trinajstić information content (AvgIpc) is 3.63. The molecule has 3 saturated heterocycles. The second-order valence-electron chi connectivity index (χ2n) is 12.0. The van der Waals surface area contributed by atoms with Crippen LogP contribution in [0.25, 0.3) is 11.3 Å². The lowest BCUT2D eigenvalue weighted by atomic mass is 9.96. The molecule has 4 atom stereocenters. The van der Waals surface area contributed by atoms with Crippen molar-refractivity contribution >= 4 is 52.5 Å². The summed E-state index contributed by atoms with van der Waals surface area (Å²) in [7, 11) is 2.11. The van der Waals surface area contributed by atoms with Gasteiger partial charge in [-0.15, -0.1) is 23.1 Å². The molecule has 236 valence electrons. The first kappa shape index (κ1) is 30.9. The van der Waals surface area contributed by atoms with Gasteiger partial charge in [-0.25, -0.2) is 4.79 Å². The van der Waals surface area contributed by atoms with Crippen molar-refractivity contribution in [1.82, 2.24) is 25.4 Å². The van der Waals surface area contributed by atoms with Crippen LogP contribution in [0, 0.1) is 0 Å². The number of H-pyrrole nitrogens is 1. The monoisotopic (exact) mass is 650 g/mol. The molecule has 0 bridgehead atoms. The molecule has 0 aliphatic carbocycles. The quantitative estimate of drug-likeness (QED) is 0.268. The summed E-state index contributed by atoms with van der Waals surface area (Å²) in [5.74, 6) is -2.96. The van der Waals surface area contributed by atoms with Crippen molar-refractivity contribution in [3.05, 3.63) is 74.7 Å². The number of carbonyl (C=O) groups is 4. The summed E-state index contributed by atoms with van der Waals surface area (Å²) in [6.45, 7) is 7.38. The van der Waals surface area contributed by atoms with E-state index in [2.05, 4.69) is 32.5 Å². The topological polar surface area (TPSA) is 155 Å². The van der Waals surface area contributed by atoms with E-state index in [4.69, 9.17) is 0 Å². The van der Waals surface area contributed by atoms with Crippen LogP contribution in [0.3, 0.4) is 0 Å². The van der Waals surface area contributed by atoms with Crippen LogP contribution >= 0.6 is 23.1 Å². The second-order valence-corrected chi connectivity index (χ2v) is 14.7. The standard InChI is InChI=1S/C31H34N6O6S2/c1-31(2)24(30(42)43)37-28(41)23(29(37)45-31)34-27(40)22(21-5-4-16-44-21)33-26(39)19-10-11-20(32-25(19)38)17-6-8-18(9-7-17)36-14-12-35(3)13-15-36/h4-11,16,22-24,29H,12-15H2,1-3H3,(H,32,38)(H,33,39)(H,34,40)(H,42,43)/t22?,23-,24+,29-/m1/s1. The molecular weight excluding hydrogens is 617 g/mol. The maximum absolute atomic E-state index is 13.5. The number of rotatable bonds is 8. The highest BCUT2D eigenvalue weighted by atomic mass is 32.2. The number of fused-ring (bicyclic) bond motifs is 1. The number of anilines is 1. The molecule has 0 spiro atoms. The molecule has 14 heteroatoms. The van der Waals surface area contributed by atoms with Gasteiger partial charge in [-0.2, -0.15) is 0 Å². The Bertz CT molecular complexity index is 1680. The van der Waals surface area contributed by atoms with E-state index in [0.717, 1.165) is 37.4 Å². The molecule has 3 aromatic rings. The first-order chi connectivity index (χ1) is 21.4. The number of thioether (sulfide) groups is 1. The molecule has 2 aromatic heterocycles. The van der Waals surface area contributed by atoms with E-state index in [1.807, 2.05) is 24.3 Å². The lowest BCUT2D eigenvalue weighted by Gasteiger charge is -2.43. The lowest BCUT2D eigenvalue weighted by molar-refractivity contribution is -0.161. The van der Waals surface area contributed by atoms with E-state index in [0.29, 0.717) is 10.6 Å². The van der Waals surface area contributed by atoms with Crippen molar-refractivity contribution in [1.29, 1.82) is 0 Å². The number of carboxylic acids is 1. The molecule has 1 aromatic carbocycles. The third-order valence-corrected chi connectivity index (χ3v) is 11.0. The number of thiophene rings is 1. The Morgan fingerprint density at radius 1 is 1.02 bits per heavy atom. The highest BCUT2D eigenvalue weighted by Gasteiger charge is 2.64. The van der Waals surface area contributed by atoms with Crippen LogP contribution in [0.5, 0.6) is 0 Å². The van der Waals surface area contributed by atoms with Gasteiger partial charge in [-0.05, 0) is 62.2 Å². The fourth-order valence-corrected chi connectivity index (χ4v) is 8.45. The van der Waals surface area contributed by atoms with Crippen LogP contribution in [0.15, 0.2) is 58.7 Å². The van der Waals surface area contributed by atoms with Gasteiger partial charge in [0, 0.05) is 47.2 Å². The summed E-state index contributed by atoms with van der Waals surface area (Å²) >= 11 is 2.56. The number of likely N-dealkylation sites (N-methyl/N-ethyl adjacent to an activating group) is 1. The molecule has 45 heavy (non-hydrogen) atoms. The van der Waals surface area contributed by atoms with Gasteiger partial charge in [0.05, 0.1) is 0 Å². The Balaban J connectivity index is 1.15. The molecule has 3 aliphatic heterocycles. The number of nitrogens with zero attached hydrogens (tertiary/aromatic N) is 3. The SMILES string of the molecule is CN1CCN(c2ccc(-c3ccc(C(=O)NC(C(=O)N[C@@H]4C(=O)N5[C@@H]4SC(C)(C)[C@@H]5C(=O)O)c4cccs4)c(=O)[nH]3)cc2)CC1. The van der Waals surface area contributed by atoms with E-state index in [1.165, 1.54) is 34.1 Å². The fourth-order valence-electron chi connectivity index (χ4n) is 6.05. The molecule has 1 unspecified atom stereocenters. The van der Waals surface area contributed by atoms with E-state index in [9.17, 15) is 29.1 Å². The van der Waals surface area contributed by atoms with Crippen molar-refractivity contribution < 1.29 is 24.3 Å². The first-order valence-corrected chi connectivity index (χ1v) is 16.4. The number of nitrogens with one attached hydrogen (secondary N) is 3. The summed E-state index contributed by atoms with van der Waals surface area (Å²) in [6, 6.07) is 11.3. The Hall–Kier alpha value is -4.14. The number of amides is 3. The molecular formula is C31H34N6O6S2. The maximum Gasteiger partial charge on any atom is 0.327 e. The summed E-state index contributed by atoms with van der Waals surface area (Å²) < 4.78 is -0.743. The number of piperazine rings is 1. The minimum atomic E-state index is -1.17. The van der Waals surface area contributed by atoms with Crippen molar-refractivity contribution in [2.75, 3.05) is 38.1 Å². The molecule has 0 saturated carbocycles. The number of carboxylic acid groups (broad SMARTS) is 1. The summed E-state index contributed by atoms with van der Waals surface area (Å²) in [5, 5.41) is 16.3. The molecule has 3 fully saturated rings. The minimum Gasteiger partial charge on any atom is -0.480 e. The Morgan fingerprint density at radius 3 is 2.36 bits per heavy atom. The van der Waals surface area contributed by atoms with Gasteiger partial charge in [-0.1, -0.05) is 18.2 Å². The van der Waals surface area contributed by atoms with Crippen LogP contribution in [0.2, 0.25) is 0 Å². The highest BCUT2D eigenvalue weighted by Crippen LogP contribution is 2.50. The van der Waals surface area contributed by atoms with Crippen LogP contribution in [-0.2, 0) is 14.4 Å². The molecule has 0 radical (unpaired) electrons. The van der Waals surface area contributed by atoms with E-state index < -0.39 is 57.5 Å². The van der Waals surface area contributed by atoms with Crippen molar-refractivity contribution in [2.24, 2.45) is 0 Å². The summed E-state index contributed by atoms with van der Waals surface area (Å²) in [6.07, 6.45) is 0. The summed E-state index contributed by atoms with van der Waals surface area (Å²) in [5.41, 5.74) is 1.69. The molecule has 6 rings (SSSR count). The zero-order chi connectivity index (χ0) is 32.0. The molecule has 3 amide bonds. The van der Waals surface area contributed by atoms with Gasteiger partial charge in [0.1, 0.15) is 29.1 Å². The zero-order valence-corrected chi connectivity index (χ0v) is 26.6. The third-order valence-electron chi connectivity index (χ3n) is 8.54. The Labute approximate surface area is 267 Å². The minimum absolute atomic E-state index is 0.162. The van der Waals surface area contributed by atoms with Crippen LogP contribution in [0.1, 0.15) is 35.1 Å². The van der Waals surface area contributed by atoms with Crippen molar-refractivity contribution in [3.8, 4) is 11.3 Å². The Morgan fingerprint density at radius 2 is 1.73 bits per heavy atom. The van der Waals surface area contributed by atoms with Gasteiger partial charge < -0.3 is 35.4 Å². The molecule has 4 N–H and O–H groups in total. The third kappa shape index (κ3) is 5.85. The van der Waals surface area contributed by atoms with Gasteiger partial charge in [0.15, 0.2) is 0 Å². The maximum atomic E-state index is 13.5. The summed E-state index contributed by atoms with van der Waals surface area (Å²) in [4.78, 5) is 73.9. The molecule has 12 nitrogen and oxygen atoms in total. The largest absolute Gasteiger partial charge is 0.480 e. The number of pyridine rings is 1. The number of hydrogen-bond acceptors (Lipinski definition) is 9. The smallest absolute Gasteiger partial charge is 0.327 e. The lowest BCUT2D eigenvalue weighted by Crippen LogP contribution is -2.71. The predicted molar refractivity (Wildman–Crippen MR) is 172 cm³/mol. The molecule has 3 aliphatic rings. The highest BCUT2D eigenvalue weighted by molar-refractivity contribution is 8.01. The fraction of sp³-hybridized carbons (Fsp3) is 0.387. The normalized spacial score (nSPS) is 23.2. The van der Waals surface area contributed by atoms with E-state index in [1.54, 1.807) is 37.4 Å². The van der Waals surface area contributed by atoms with Crippen LogP contribution < -0.4 is 21.1 Å². The first-order valence-electron chi connectivity index (χ1n) is 14.6. The van der Waals surface area contributed by atoms with Crippen molar-refractivity contribution in [3.63, 3.8) is 0 Å². The number of hydrogen-bond donors (Lipinski definition) is 4. The van der Waals surface area contributed by atoms with E-state index >= 15 is 0 Å².